The largest absolute Gasteiger partial charge is 0.497 e. The Kier molecular flexibility index (Phi) is 2.37. The number of nitrogens with zero attached hydrogens (tertiary/aromatic N) is 2. The zero-order chi connectivity index (χ0) is 12.5. The summed E-state index contributed by atoms with van der Waals surface area (Å²) in [4.78, 5) is 8.42. The summed E-state index contributed by atoms with van der Waals surface area (Å²) in [5.74, 6) is 1.25. The highest BCUT2D eigenvalue weighted by molar-refractivity contribution is 5.75. The Morgan fingerprint density at radius 2 is 2.17 bits per heavy atom. The molecule has 0 amide bonds. The average Bonchev–Trinajstić information content (AvgIpc) is 2.81. The van der Waals surface area contributed by atoms with Crippen molar-refractivity contribution in [2.75, 3.05) is 12.8 Å². The molecule has 3 rings (SSSR count). The Labute approximate surface area is 103 Å². The molecule has 2 heterocycles. The molecule has 5 heteroatoms. The first kappa shape index (κ1) is 10.6. The molecular weight excluding hydrogens is 230 g/mol. The lowest BCUT2D eigenvalue weighted by molar-refractivity contribution is 0.415. The van der Waals surface area contributed by atoms with Crippen LogP contribution in [0.15, 0.2) is 40.9 Å². The Bertz CT molecular complexity index is 706. The van der Waals surface area contributed by atoms with Crippen molar-refractivity contribution < 1.29 is 9.15 Å². The number of fused-ring (bicyclic) bond motifs is 1. The predicted molar refractivity (Wildman–Crippen MR) is 68.2 cm³/mol. The van der Waals surface area contributed by atoms with Gasteiger partial charge >= 0.3 is 0 Å². The smallest absolute Gasteiger partial charge is 0.229 e. The van der Waals surface area contributed by atoms with Gasteiger partial charge in [-0.2, -0.15) is 4.98 Å². The van der Waals surface area contributed by atoms with Crippen LogP contribution in [0.2, 0.25) is 0 Å². The highest BCUT2D eigenvalue weighted by atomic mass is 16.5. The van der Waals surface area contributed by atoms with E-state index in [1.807, 2.05) is 24.3 Å². The maximum absolute atomic E-state index is 5.65. The number of oxazole rings is 1. The lowest BCUT2D eigenvalue weighted by atomic mass is 10.2. The minimum absolute atomic E-state index is 0.502. The van der Waals surface area contributed by atoms with E-state index in [0.29, 0.717) is 22.8 Å². The van der Waals surface area contributed by atoms with Gasteiger partial charge < -0.3 is 14.9 Å². The van der Waals surface area contributed by atoms with Gasteiger partial charge in [0.05, 0.1) is 19.0 Å². The number of nitrogens with two attached hydrogens (primary N) is 1. The van der Waals surface area contributed by atoms with Crippen molar-refractivity contribution in [2.24, 2.45) is 0 Å². The van der Waals surface area contributed by atoms with E-state index in [9.17, 15) is 0 Å². The van der Waals surface area contributed by atoms with Gasteiger partial charge in [0.2, 0.25) is 5.89 Å². The number of ether oxygens (including phenoxy) is 1. The van der Waals surface area contributed by atoms with Crippen molar-refractivity contribution in [3.63, 3.8) is 0 Å². The topological polar surface area (TPSA) is 74.2 Å². The van der Waals surface area contributed by atoms with Crippen molar-refractivity contribution in [3.05, 3.63) is 36.5 Å². The third-order valence-corrected chi connectivity index (χ3v) is 2.58. The molecule has 0 atom stereocenters. The summed E-state index contributed by atoms with van der Waals surface area (Å²) in [6.07, 6.45) is 1.56. The van der Waals surface area contributed by atoms with Crippen molar-refractivity contribution in [1.82, 2.24) is 9.97 Å². The molecule has 5 nitrogen and oxygen atoms in total. The molecule has 0 saturated heterocycles. The van der Waals surface area contributed by atoms with E-state index in [2.05, 4.69) is 9.97 Å². The number of hydrogen-bond acceptors (Lipinski definition) is 5. The molecule has 0 bridgehead atoms. The first-order chi connectivity index (χ1) is 8.76. The van der Waals surface area contributed by atoms with E-state index in [0.717, 1.165) is 11.3 Å². The second kappa shape index (κ2) is 4.03. The van der Waals surface area contributed by atoms with Crippen LogP contribution in [0.25, 0.3) is 22.7 Å². The summed E-state index contributed by atoms with van der Waals surface area (Å²) < 4.78 is 10.8. The van der Waals surface area contributed by atoms with Crippen molar-refractivity contribution in [2.45, 2.75) is 0 Å². The lowest BCUT2D eigenvalue weighted by Crippen LogP contribution is -1.85. The van der Waals surface area contributed by atoms with E-state index in [1.54, 1.807) is 19.4 Å². The maximum atomic E-state index is 5.65. The zero-order valence-electron chi connectivity index (χ0n) is 9.75. The third kappa shape index (κ3) is 1.75. The Morgan fingerprint density at radius 3 is 3.00 bits per heavy atom. The summed E-state index contributed by atoms with van der Waals surface area (Å²) in [6, 6.07) is 9.21. The van der Waals surface area contributed by atoms with Gasteiger partial charge in [-0.3, -0.25) is 0 Å². The number of aromatic nitrogens is 2. The molecule has 2 N–H and O–H groups in total. The number of pyridine rings is 1. The van der Waals surface area contributed by atoms with Gasteiger partial charge in [0, 0.05) is 11.6 Å². The lowest BCUT2D eigenvalue weighted by Gasteiger charge is -2.00. The number of anilines is 1. The highest BCUT2D eigenvalue weighted by Crippen LogP contribution is 2.26. The molecule has 0 aliphatic rings. The van der Waals surface area contributed by atoms with E-state index in [1.165, 1.54) is 0 Å². The minimum atomic E-state index is 0.502. The van der Waals surface area contributed by atoms with Crippen molar-refractivity contribution in [1.29, 1.82) is 0 Å². The number of nitrogen functional groups attached to an aromatic ring is 1. The molecule has 18 heavy (non-hydrogen) atoms. The molecule has 0 aliphatic carbocycles. The fourth-order valence-electron chi connectivity index (χ4n) is 1.71. The van der Waals surface area contributed by atoms with Crippen LogP contribution in [0.1, 0.15) is 0 Å². The predicted octanol–water partition coefficient (Wildman–Crippen LogP) is 2.48. The second-order valence-corrected chi connectivity index (χ2v) is 3.84. The number of hydrogen-bond donors (Lipinski definition) is 1. The fraction of sp³-hybridized carbons (Fsp3) is 0.0769. The van der Waals surface area contributed by atoms with Crippen molar-refractivity contribution in [3.8, 4) is 17.2 Å². The van der Waals surface area contributed by atoms with Crippen LogP contribution in [0.4, 0.5) is 5.69 Å². The zero-order valence-corrected chi connectivity index (χ0v) is 9.75. The van der Waals surface area contributed by atoms with Gasteiger partial charge in [0.25, 0.3) is 0 Å². The normalized spacial score (nSPS) is 10.7. The van der Waals surface area contributed by atoms with Gasteiger partial charge in [-0.15, -0.1) is 0 Å². The Balaban J connectivity index is 2.13. The summed E-state index contributed by atoms with van der Waals surface area (Å²) in [7, 11) is 1.62. The second-order valence-electron chi connectivity index (χ2n) is 3.84. The fourth-order valence-corrected chi connectivity index (χ4v) is 1.71. The molecular formula is C13H11N3O2. The first-order valence-corrected chi connectivity index (χ1v) is 5.43. The molecule has 0 saturated carbocycles. The molecule has 3 aromatic rings. The van der Waals surface area contributed by atoms with Gasteiger partial charge in [0.15, 0.2) is 11.2 Å². The summed E-state index contributed by atoms with van der Waals surface area (Å²) in [5, 5.41) is 0. The molecule has 0 aliphatic heterocycles. The Hall–Kier alpha value is -2.56. The third-order valence-electron chi connectivity index (χ3n) is 2.58. The first-order valence-electron chi connectivity index (χ1n) is 5.43. The monoisotopic (exact) mass is 241 g/mol. The number of methoxy groups -OCH3 is 1. The van der Waals surface area contributed by atoms with Crippen LogP contribution in [-0.2, 0) is 0 Å². The maximum Gasteiger partial charge on any atom is 0.229 e. The molecule has 2 aromatic heterocycles. The van der Waals surface area contributed by atoms with Crippen LogP contribution in [0, 0.1) is 0 Å². The van der Waals surface area contributed by atoms with Gasteiger partial charge in [0.1, 0.15) is 5.75 Å². The standard InChI is InChI=1S/C13H11N3O2/c1-17-10-4-2-3-8(5-10)13-16-12-11(18-13)6-9(14)7-15-12/h2-7H,14H2,1H3. The minimum Gasteiger partial charge on any atom is -0.497 e. The van der Waals surface area contributed by atoms with Gasteiger partial charge in [-0.25, -0.2) is 4.98 Å². The van der Waals surface area contributed by atoms with Crippen molar-refractivity contribution >= 4 is 16.9 Å². The molecule has 0 radical (unpaired) electrons. The van der Waals surface area contributed by atoms with Crippen LogP contribution in [0.3, 0.4) is 0 Å². The quantitative estimate of drug-likeness (QED) is 0.746. The molecule has 0 unspecified atom stereocenters. The summed E-state index contributed by atoms with van der Waals surface area (Å²) in [6.45, 7) is 0. The number of benzene rings is 1. The van der Waals surface area contributed by atoms with E-state index >= 15 is 0 Å². The number of rotatable bonds is 2. The van der Waals surface area contributed by atoms with Crippen LogP contribution in [-0.4, -0.2) is 17.1 Å². The molecule has 1 aromatic carbocycles. The van der Waals surface area contributed by atoms with E-state index in [4.69, 9.17) is 14.9 Å². The molecule has 0 spiro atoms. The SMILES string of the molecule is COc1cccc(-c2nc3ncc(N)cc3o2)c1. The molecule has 90 valence electrons. The van der Waals surface area contributed by atoms with E-state index < -0.39 is 0 Å². The van der Waals surface area contributed by atoms with Crippen LogP contribution < -0.4 is 10.5 Å². The average molecular weight is 241 g/mol. The van der Waals surface area contributed by atoms with E-state index in [-0.39, 0.29) is 0 Å². The van der Waals surface area contributed by atoms with Crippen LogP contribution in [0.5, 0.6) is 5.75 Å². The Morgan fingerprint density at radius 1 is 1.28 bits per heavy atom. The molecule has 0 fully saturated rings. The summed E-state index contributed by atoms with van der Waals surface area (Å²) in [5.41, 5.74) is 8.16. The van der Waals surface area contributed by atoms with Gasteiger partial charge in [-0.1, -0.05) is 6.07 Å². The highest BCUT2D eigenvalue weighted by Gasteiger charge is 2.09. The van der Waals surface area contributed by atoms with Gasteiger partial charge in [-0.05, 0) is 18.2 Å². The van der Waals surface area contributed by atoms with Crippen LogP contribution >= 0.6 is 0 Å². The summed E-state index contributed by atoms with van der Waals surface area (Å²) >= 11 is 0.